The normalized spacial score (nSPS) is 16.2. The number of carboxylic acids is 1. The number of nitrogens with one attached hydrogen (secondary N) is 1. The van der Waals surface area contributed by atoms with Crippen LogP contribution in [0.15, 0.2) is 42.5 Å². The molecule has 0 bridgehead atoms. The van der Waals surface area contributed by atoms with Crippen molar-refractivity contribution in [3.05, 3.63) is 53.6 Å². The number of carboxylic acid groups (broad SMARTS) is 1. The van der Waals surface area contributed by atoms with Crippen LogP contribution < -0.4 is 0 Å². The number of benzene rings is 2. The molecule has 1 aromatic heterocycles. The van der Waals surface area contributed by atoms with Gasteiger partial charge in [0, 0.05) is 43.7 Å². The molecule has 3 aromatic rings. The van der Waals surface area contributed by atoms with Crippen molar-refractivity contribution in [3.63, 3.8) is 0 Å². The summed E-state index contributed by atoms with van der Waals surface area (Å²) in [6.45, 7) is 5.21. The summed E-state index contributed by atoms with van der Waals surface area (Å²) >= 11 is 0. The van der Waals surface area contributed by atoms with E-state index in [0.29, 0.717) is 11.1 Å². The van der Waals surface area contributed by atoms with Crippen LogP contribution in [0.1, 0.15) is 15.9 Å². The van der Waals surface area contributed by atoms with Gasteiger partial charge in [-0.15, -0.1) is 0 Å². The average molecular weight is 350 g/mol. The molecule has 0 atom stereocenters. The SMILES string of the molecule is CN1CCN(Cc2cccc(-c3n[nH]c4cccc(C(=O)O)c34)c2)CC1. The van der Waals surface area contributed by atoms with Gasteiger partial charge in [0.2, 0.25) is 0 Å². The number of aromatic nitrogens is 2. The maximum absolute atomic E-state index is 11.6. The number of piperazine rings is 1. The maximum Gasteiger partial charge on any atom is 0.336 e. The van der Waals surface area contributed by atoms with Gasteiger partial charge in [0.1, 0.15) is 5.69 Å². The first-order chi connectivity index (χ1) is 12.6. The molecule has 4 rings (SSSR count). The Balaban J connectivity index is 1.67. The minimum atomic E-state index is -0.938. The van der Waals surface area contributed by atoms with Crippen molar-refractivity contribution in [3.8, 4) is 11.3 Å². The number of hydrogen-bond donors (Lipinski definition) is 2. The molecule has 0 spiro atoms. The lowest BCUT2D eigenvalue weighted by Gasteiger charge is -2.32. The highest BCUT2D eigenvalue weighted by Gasteiger charge is 2.17. The second-order valence-electron chi connectivity index (χ2n) is 6.89. The first-order valence-corrected chi connectivity index (χ1v) is 8.82. The van der Waals surface area contributed by atoms with Gasteiger partial charge in [0.05, 0.1) is 11.1 Å². The Hall–Kier alpha value is -2.70. The predicted molar refractivity (Wildman–Crippen MR) is 101 cm³/mol. The Bertz CT molecular complexity index is 942. The molecule has 0 saturated carbocycles. The van der Waals surface area contributed by atoms with Crippen LogP contribution in [0.5, 0.6) is 0 Å². The van der Waals surface area contributed by atoms with Crippen LogP contribution in [-0.4, -0.2) is 64.3 Å². The third-order valence-electron chi connectivity index (χ3n) is 5.02. The van der Waals surface area contributed by atoms with Crippen molar-refractivity contribution in [1.29, 1.82) is 0 Å². The minimum absolute atomic E-state index is 0.274. The highest BCUT2D eigenvalue weighted by atomic mass is 16.4. The van der Waals surface area contributed by atoms with Gasteiger partial charge >= 0.3 is 5.97 Å². The van der Waals surface area contributed by atoms with Gasteiger partial charge in [-0.2, -0.15) is 5.10 Å². The molecule has 134 valence electrons. The van der Waals surface area contributed by atoms with E-state index in [1.165, 1.54) is 5.56 Å². The zero-order chi connectivity index (χ0) is 18.1. The van der Waals surface area contributed by atoms with Gasteiger partial charge < -0.3 is 10.0 Å². The Morgan fingerprint density at radius 2 is 1.92 bits per heavy atom. The average Bonchev–Trinajstić information content (AvgIpc) is 3.08. The standard InChI is InChI=1S/C20H22N4O2/c1-23-8-10-24(11-9-23)13-14-4-2-5-15(12-14)19-18-16(20(25)26)6-3-7-17(18)21-22-19/h2-7,12H,8-11,13H2,1H3,(H,21,22)(H,25,26). The molecule has 6 heteroatoms. The number of hydrogen-bond acceptors (Lipinski definition) is 4. The summed E-state index contributed by atoms with van der Waals surface area (Å²) in [5, 5.41) is 17.5. The fourth-order valence-corrected chi connectivity index (χ4v) is 3.54. The highest BCUT2D eigenvalue weighted by Crippen LogP contribution is 2.30. The number of rotatable bonds is 4. The molecular weight excluding hydrogens is 328 g/mol. The number of likely N-dealkylation sites (N-methyl/N-ethyl adjacent to an activating group) is 1. The van der Waals surface area contributed by atoms with E-state index in [1.807, 2.05) is 18.2 Å². The minimum Gasteiger partial charge on any atom is -0.478 e. The zero-order valence-electron chi connectivity index (χ0n) is 14.8. The Labute approximate surface area is 152 Å². The van der Waals surface area contributed by atoms with Gasteiger partial charge in [0.15, 0.2) is 0 Å². The lowest BCUT2D eigenvalue weighted by molar-refractivity contribution is 0.0699. The molecule has 1 aliphatic rings. The topological polar surface area (TPSA) is 72.5 Å². The van der Waals surface area contributed by atoms with Crippen LogP contribution in [0.4, 0.5) is 0 Å². The lowest BCUT2D eigenvalue weighted by Crippen LogP contribution is -2.43. The fourth-order valence-electron chi connectivity index (χ4n) is 3.54. The number of carbonyl (C=O) groups is 1. The van der Waals surface area contributed by atoms with Gasteiger partial charge in [-0.3, -0.25) is 10.00 Å². The summed E-state index contributed by atoms with van der Waals surface area (Å²) in [4.78, 5) is 16.4. The van der Waals surface area contributed by atoms with Crippen molar-refractivity contribution in [2.45, 2.75) is 6.54 Å². The van der Waals surface area contributed by atoms with Crippen LogP contribution in [0, 0.1) is 0 Å². The van der Waals surface area contributed by atoms with E-state index >= 15 is 0 Å². The quantitative estimate of drug-likeness (QED) is 0.757. The van der Waals surface area contributed by atoms with Crippen LogP contribution in [0.25, 0.3) is 22.2 Å². The Morgan fingerprint density at radius 3 is 2.69 bits per heavy atom. The fraction of sp³-hybridized carbons (Fsp3) is 0.300. The van der Waals surface area contributed by atoms with Crippen LogP contribution in [0.2, 0.25) is 0 Å². The number of aromatic carboxylic acids is 1. The molecule has 6 nitrogen and oxygen atoms in total. The van der Waals surface area contributed by atoms with Crippen molar-refractivity contribution in [2.75, 3.05) is 33.2 Å². The van der Waals surface area contributed by atoms with E-state index in [-0.39, 0.29) is 5.56 Å². The van der Waals surface area contributed by atoms with E-state index < -0.39 is 5.97 Å². The van der Waals surface area contributed by atoms with Crippen LogP contribution in [-0.2, 0) is 6.54 Å². The summed E-state index contributed by atoms with van der Waals surface area (Å²) in [6.07, 6.45) is 0. The van der Waals surface area contributed by atoms with E-state index in [9.17, 15) is 9.90 Å². The van der Waals surface area contributed by atoms with Gasteiger partial charge in [-0.05, 0) is 30.8 Å². The smallest absolute Gasteiger partial charge is 0.336 e. The van der Waals surface area contributed by atoms with Gasteiger partial charge in [0.25, 0.3) is 0 Å². The van der Waals surface area contributed by atoms with Crippen LogP contribution >= 0.6 is 0 Å². The van der Waals surface area contributed by atoms with Crippen molar-refractivity contribution in [1.82, 2.24) is 20.0 Å². The second kappa shape index (κ2) is 6.90. The summed E-state index contributed by atoms with van der Waals surface area (Å²) in [5.74, 6) is -0.938. The largest absolute Gasteiger partial charge is 0.478 e. The first-order valence-electron chi connectivity index (χ1n) is 8.82. The molecule has 2 aromatic carbocycles. The molecule has 0 unspecified atom stereocenters. The summed E-state index contributed by atoms with van der Waals surface area (Å²) < 4.78 is 0. The number of fused-ring (bicyclic) bond motifs is 1. The van der Waals surface area contributed by atoms with Crippen molar-refractivity contribution in [2.24, 2.45) is 0 Å². The third kappa shape index (κ3) is 3.21. The van der Waals surface area contributed by atoms with Gasteiger partial charge in [-0.25, -0.2) is 4.79 Å². The number of H-pyrrole nitrogens is 1. The monoisotopic (exact) mass is 350 g/mol. The molecular formula is C20H22N4O2. The van der Waals surface area contributed by atoms with E-state index in [0.717, 1.165) is 43.8 Å². The van der Waals surface area contributed by atoms with Crippen LogP contribution in [0.3, 0.4) is 0 Å². The Morgan fingerprint density at radius 1 is 1.15 bits per heavy atom. The van der Waals surface area contributed by atoms with E-state index in [1.54, 1.807) is 12.1 Å². The van der Waals surface area contributed by atoms with E-state index in [4.69, 9.17) is 0 Å². The Kier molecular flexibility index (Phi) is 4.44. The molecule has 1 aliphatic heterocycles. The first kappa shape index (κ1) is 16.8. The zero-order valence-corrected chi connectivity index (χ0v) is 14.8. The third-order valence-corrected chi connectivity index (χ3v) is 5.02. The van der Waals surface area contributed by atoms with Crippen molar-refractivity contribution >= 4 is 16.9 Å². The van der Waals surface area contributed by atoms with Crippen molar-refractivity contribution < 1.29 is 9.90 Å². The molecule has 0 radical (unpaired) electrons. The molecule has 2 N–H and O–H groups in total. The molecule has 0 aliphatic carbocycles. The lowest BCUT2D eigenvalue weighted by atomic mass is 10.0. The van der Waals surface area contributed by atoms with E-state index in [2.05, 4.69) is 39.2 Å². The van der Waals surface area contributed by atoms with Gasteiger partial charge in [-0.1, -0.05) is 24.3 Å². The summed E-state index contributed by atoms with van der Waals surface area (Å²) in [7, 11) is 2.15. The molecule has 0 amide bonds. The highest BCUT2D eigenvalue weighted by molar-refractivity contribution is 6.08. The maximum atomic E-state index is 11.6. The molecule has 1 saturated heterocycles. The molecule has 2 heterocycles. The summed E-state index contributed by atoms with van der Waals surface area (Å²) in [6, 6.07) is 13.5. The number of aromatic amines is 1. The predicted octanol–water partition coefficient (Wildman–Crippen LogP) is 2.68. The molecule has 26 heavy (non-hydrogen) atoms. The number of nitrogens with zero attached hydrogens (tertiary/aromatic N) is 3. The second-order valence-corrected chi connectivity index (χ2v) is 6.89. The summed E-state index contributed by atoms with van der Waals surface area (Å²) in [5.41, 5.74) is 3.87. The molecule has 1 fully saturated rings.